The van der Waals surface area contributed by atoms with Gasteiger partial charge in [0, 0.05) is 6.04 Å². The molecule has 1 rings (SSSR count). The molecule has 1 aliphatic carbocycles. The molecule has 0 fully saturated rings. The average molecular weight is 294 g/mol. The van der Waals surface area contributed by atoms with E-state index in [-0.39, 0.29) is 0 Å². The number of unbranched alkanes of at least 4 members (excludes halogenated alkanes) is 7. The maximum absolute atomic E-state index is 3.71. The zero-order chi connectivity index (χ0) is 15.2. The van der Waals surface area contributed by atoms with Crippen LogP contribution in [0.15, 0.2) is 11.6 Å². The van der Waals surface area contributed by atoms with E-state index in [4.69, 9.17) is 0 Å². The second-order valence-corrected chi connectivity index (χ2v) is 6.83. The van der Waals surface area contributed by atoms with Gasteiger partial charge in [0.1, 0.15) is 0 Å². The molecular formula is C20H39N. The molecule has 1 nitrogen and oxygen atoms in total. The molecule has 1 heteroatoms. The third-order valence-corrected chi connectivity index (χ3v) is 4.79. The average Bonchev–Trinajstić information content (AvgIpc) is 2.51. The number of hydrogen-bond acceptors (Lipinski definition) is 1. The lowest BCUT2D eigenvalue weighted by molar-refractivity contribution is 0.449. The highest BCUT2D eigenvalue weighted by Crippen LogP contribution is 2.23. The van der Waals surface area contributed by atoms with Gasteiger partial charge in [-0.15, -0.1) is 0 Å². The summed E-state index contributed by atoms with van der Waals surface area (Å²) < 4.78 is 0. The van der Waals surface area contributed by atoms with Gasteiger partial charge in [-0.1, -0.05) is 76.9 Å². The molecule has 0 saturated heterocycles. The Morgan fingerprint density at radius 1 is 0.952 bits per heavy atom. The van der Waals surface area contributed by atoms with E-state index < -0.39 is 0 Å². The van der Waals surface area contributed by atoms with Gasteiger partial charge in [0.2, 0.25) is 0 Å². The molecule has 0 radical (unpaired) electrons. The topological polar surface area (TPSA) is 12.0 Å². The lowest BCUT2D eigenvalue weighted by atomic mass is 9.92. The molecule has 0 saturated carbocycles. The van der Waals surface area contributed by atoms with Crippen molar-refractivity contribution in [2.24, 2.45) is 0 Å². The molecule has 0 amide bonds. The number of rotatable bonds is 13. The van der Waals surface area contributed by atoms with Crippen LogP contribution in [-0.2, 0) is 0 Å². The van der Waals surface area contributed by atoms with Crippen LogP contribution >= 0.6 is 0 Å². The predicted molar refractivity (Wildman–Crippen MR) is 95.9 cm³/mol. The van der Waals surface area contributed by atoms with Crippen LogP contribution in [0.1, 0.15) is 104 Å². The molecule has 124 valence electrons. The van der Waals surface area contributed by atoms with E-state index in [0.717, 1.165) is 12.6 Å². The van der Waals surface area contributed by atoms with E-state index in [1.165, 1.54) is 89.9 Å². The Bertz CT molecular complexity index is 257. The second kappa shape index (κ2) is 13.4. The quantitative estimate of drug-likeness (QED) is 0.306. The summed E-state index contributed by atoms with van der Waals surface area (Å²) in [5.74, 6) is 0. The zero-order valence-corrected chi connectivity index (χ0v) is 14.8. The van der Waals surface area contributed by atoms with Crippen molar-refractivity contribution in [2.75, 3.05) is 6.54 Å². The van der Waals surface area contributed by atoms with Crippen molar-refractivity contribution in [3.05, 3.63) is 11.6 Å². The molecule has 0 bridgehead atoms. The molecule has 21 heavy (non-hydrogen) atoms. The molecule has 1 atom stereocenters. The Kier molecular flexibility index (Phi) is 11.9. The summed E-state index contributed by atoms with van der Waals surface area (Å²) in [6.07, 6.45) is 22.2. The van der Waals surface area contributed by atoms with E-state index in [0.29, 0.717) is 0 Å². The summed E-state index contributed by atoms with van der Waals surface area (Å²) in [5.41, 5.74) is 1.73. The SMILES string of the molecule is CCCCCCCCCCC(CC1=CCCCC1)NCC. The maximum atomic E-state index is 3.71. The monoisotopic (exact) mass is 293 g/mol. The number of hydrogen-bond donors (Lipinski definition) is 1. The normalized spacial score (nSPS) is 16.8. The molecular weight excluding hydrogens is 254 g/mol. The fourth-order valence-corrected chi connectivity index (χ4v) is 3.50. The fourth-order valence-electron chi connectivity index (χ4n) is 3.50. The summed E-state index contributed by atoms with van der Waals surface area (Å²) in [6, 6.07) is 0.736. The zero-order valence-electron chi connectivity index (χ0n) is 14.8. The van der Waals surface area contributed by atoms with Gasteiger partial charge in [0.15, 0.2) is 0 Å². The molecule has 1 unspecified atom stereocenters. The van der Waals surface area contributed by atoms with E-state index in [2.05, 4.69) is 25.2 Å². The summed E-state index contributed by atoms with van der Waals surface area (Å²) in [7, 11) is 0. The number of nitrogens with one attached hydrogen (secondary N) is 1. The highest BCUT2D eigenvalue weighted by atomic mass is 14.9. The van der Waals surface area contributed by atoms with Crippen LogP contribution in [0, 0.1) is 0 Å². The van der Waals surface area contributed by atoms with Crippen molar-refractivity contribution in [3.8, 4) is 0 Å². The summed E-state index contributed by atoms with van der Waals surface area (Å²) in [6.45, 7) is 5.66. The highest BCUT2D eigenvalue weighted by Gasteiger charge is 2.11. The van der Waals surface area contributed by atoms with Gasteiger partial charge in [0.25, 0.3) is 0 Å². The standard InChI is InChI=1S/C20H39N/c1-3-5-6-7-8-9-10-14-17-20(21-4-2)18-19-15-12-11-13-16-19/h15,20-21H,3-14,16-18H2,1-2H3. The summed E-state index contributed by atoms with van der Waals surface area (Å²) >= 11 is 0. The smallest absolute Gasteiger partial charge is 0.0104 e. The van der Waals surface area contributed by atoms with Crippen molar-refractivity contribution >= 4 is 0 Å². The van der Waals surface area contributed by atoms with Crippen molar-refractivity contribution in [1.82, 2.24) is 5.32 Å². The van der Waals surface area contributed by atoms with Gasteiger partial charge in [0.05, 0.1) is 0 Å². The van der Waals surface area contributed by atoms with Crippen molar-refractivity contribution < 1.29 is 0 Å². The van der Waals surface area contributed by atoms with Gasteiger partial charge in [-0.25, -0.2) is 0 Å². The Hall–Kier alpha value is -0.300. The van der Waals surface area contributed by atoms with Crippen LogP contribution in [0.2, 0.25) is 0 Å². The van der Waals surface area contributed by atoms with Crippen LogP contribution in [-0.4, -0.2) is 12.6 Å². The summed E-state index contributed by atoms with van der Waals surface area (Å²) in [4.78, 5) is 0. The third-order valence-electron chi connectivity index (χ3n) is 4.79. The van der Waals surface area contributed by atoms with E-state index in [9.17, 15) is 0 Å². The summed E-state index contributed by atoms with van der Waals surface area (Å²) in [5, 5.41) is 3.71. The van der Waals surface area contributed by atoms with Crippen molar-refractivity contribution in [1.29, 1.82) is 0 Å². The lowest BCUT2D eigenvalue weighted by Gasteiger charge is -2.21. The first kappa shape index (κ1) is 18.7. The molecule has 0 aliphatic heterocycles. The van der Waals surface area contributed by atoms with Crippen LogP contribution in [0.4, 0.5) is 0 Å². The highest BCUT2D eigenvalue weighted by molar-refractivity contribution is 5.07. The van der Waals surface area contributed by atoms with Gasteiger partial charge in [-0.2, -0.15) is 0 Å². The molecule has 0 spiro atoms. The molecule has 0 heterocycles. The Labute approximate surface area is 134 Å². The van der Waals surface area contributed by atoms with Gasteiger partial charge < -0.3 is 5.32 Å². The minimum Gasteiger partial charge on any atom is -0.314 e. The predicted octanol–water partition coefficient (Wildman–Crippen LogP) is 6.39. The third kappa shape index (κ3) is 10.1. The second-order valence-electron chi connectivity index (χ2n) is 6.83. The van der Waals surface area contributed by atoms with E-state index in [1.54, 1.807) is 5.57 Å². The first-order chi connectivity index (χ1) is 10.4. The molecule has 0 aromatic heterocycles. The van der Waals surface area contributed by atoms with Crippen LogP contribution in [0.3, 0.4) is 0 Å². The molecule has 0 aromatic rings. The van der Waals surface area contributed by atoms with E-state index in [1.807, 2.05) is 0 Å². The van der Waals surface area contributed by atoms with Gasteiger partial charge >= 0.3 is 0 Å². The lowest BCUT2D eigenvalue weighted by Crippen LogP contribution is -2.29. The maximum Gasteiger partial charge on any atom is 0.0104 e. The van der Waals surface area contributed by atoms with Gasteiger partial charge in [-0.05, 0) is 45.1 Å². The van der Waals surface area contributed by atoms with Gasteiger partial charge in [-0.3, -0.25) is 0 Å². The largest absolute Gasteiger partial charge is 0.314 e. The minimum atomic E-state index is 0.736. The van der Waals surface area contributed by atoms with Crippen LogP contribution in [0.25, 0.3) is 0 Å². The number of allylic oxidation sites excluding steroid dienone is 1. The Morgan fingerprint density at radius 3 is 2.29 bits per heavy atom. The Morgan fingerprint density at radius 2 is 1.67 bits per heavy atom. The molecule has 1 N–H and O–H groups in total. The molecule has 0 aromatic carbocycles. The van der Waals surface area contributed by atoms with Crippen molar-refractivity contribution in [3.63, 3.8) is 0 Å². The Balaban J connectivity index is 2.06. The fraction of sp³-hybridized carbons (Fsp3) is 0.900. The van der Waals surface area contributed by atoms with Crippen LogP contribution < -0.4 is 5.32 Å². The minimum absolute atomic E-state index is 0.736. The van der Waals surface area contributed by atoms with Crippen molar-refractivity contribution in [2.45, 2.75) is 110 Å². The first-order valence-electron chi connectivity index (χ1n) is 9.78. The molecule has 1 aliphatic rings. The van der Waals surface area contributed by atoms with Crippen LogP contribution in [0.5, 0.6) is 0 Å². The first-order valence-corrected chi connectivity index (χ1v) is 9.78. The van der Waals surface area contributed by atoms with E-state index >= 15 is 0 Å².